The highest BCUT2D eigenvalue weighted by Crippen LogP contribution is 2.23. The number of carbonyl (C=O) groups excluding carboxylic acids is 3. The van der Waals surface area contributed by atoms with E-state index in [-0.39, 0.29) is 55.2 Å². The average molecular weight is 463 g/mol. The molecule has 7 nitrogen and oxygen atoms in total. The summed E-state index contributed by atoms with van der Waals surface area (Å²) < 4.78 is 18.9. The number of halogens is 1. The van der Waals surface area contributed by atoms with Crippen molar-refractivity contribution in [3.63, 3.8) is 0 Å². The Morgan fingerprint density at radius 1 is 1.15 bits per heavy atom. The van der Waals surface area contributed by atoms with E-state index in [1.807, 2.05) is 32.9 Å². The zero-order valence-electron chi connectivity index (χ0n) is 19.6. The van der Waals surface area contributed by atoms with Crippen molar-refractivity contribution in [1.29, 1.82) is 0 Å². The maximum Gasteiger partial charge on any atom is 0.309 e. The van der Waals surface area contributed by atoms with Crippen LogP contribution in [0.5, 0.6) is 0 Å². The molecule has 1 aliphatic heterocycles. The monoisotopic (exact) mass is 462 g/mol. The molecule has 182 valence electrons. The molecule has 0 fully saturated rings. The Bertz CT molecular complexity index is 832. The van der Waals surface area contributed by atoms with Crippen LogP contribution in [0, 0.1) is 23.1 Å². The Labute approximate surface area is 194 Å². The molecule has 3 atom stereocenters. The summed E-state index contributed by atoms with van der Waals surface area (Å²) in [5, 5.41) is 14.4. The number of allylic oxidation sites excluding steroid dienone is 2. The second-order valence-electron chi connectivity index (χ2n) is 9.50. The average Bonchev–Trinajstić information content (AvgIpc) is 2.75. The van der Waals surface area contributed by atoms with Gasteiger partial charge in [0.25, 0.3) is 0 Å². The van der Waals surface area contributed by atoms with Crippen LogP contribution in [0.1, 0.15) is 45.6 Å². The second kappa shape index (κ2) is 12.5. The Morgan fingerprint density at radius 2 is 1.79 bits per heavy atom. The molecule has 8 heteroatoms. The lowest BCUT2D eigenvalue weighted by Gasteiger charge is -2.33. The summed E-state index contributed by atoms with van der Waals surface area (Å²) in [6, 6.07) is 5.60. The molecule has 0 bridgehead atoms. The van der Waals surface area contributed by atoms with Gasteiger partial charge in [0.15, 0.2) is 0 Å². The minimum absolute atomic E-state index is 0.00810. The molecule has 0 saturated heterocycles. The molecular weight excluding hydrogens is 427 g/mol. The number of rotatable bonds is 6. The van der Waals surface area contributed by atoms with Gasteiger partial charge in [-0.25, -0.2) is 4.39 Å². The van der Waals surface area contributed by atoms with Crippen molar-refractivity contribution < 1.29 is 28.6 Å². The number of aliphatic hydroxyl groups excluding tert-OH is 1. The van der Waals surface area contributed by atoms with E-state index in [1.54, 1.807) is 12.1 Å². The number of amides is 2. The van der Waals surface area contributed by atoms with Gasteiger partial charge in [-0.3, -0.25) is 14.4 Å². The first-order chi connectivity index (χ1) is 15.6. The van der Waals surface area contributed by atoms with Crippen LogP contribution < -0.4 is 10.6 Å². The van der Waals surface area contributed by atoms with E-state index in [1.165, 1.54) is 12.1 Å². The summed E-state index contributed by atoms with van der Waals surface area (Å²) >= 11 is 0. The quantitative estimate of drug-likeness (QED) is 0.445. The standard InChI is InChI=1S/C25H35FN2O5/c1-25(2,3)21-16-33-24(32)19(14-17-8-10-20(26)11-9-17)7-5-4-6-18(23(31)28-21)15-22(30)27-12-13-29/h4-5,8-11,18-19,21,29H,6-7,12-16H2,1-3H3,(H,27,30)(H,28,31)/b5-4-/t18-,19-,21-/m0/s1. The molecule has 0 unspecified atom stereocenters. The third-order valence-corrected chi connectivity index (χ3v) is 5.73. The number of hydrogen-bond donors (Lipinski definition) is 3. The van der Waals surface area contributed by atoms with Crippen molar-refractivity contribution in [1.82, 2.24) is 10.6 Å². The van der Waals surface area contributed by atoms with Gasteiger partial charge >= 0.3 is 5.97 Å². The van der Waals surface area contributed by atoms with Crippen LogP contribution in [-0.4, -0.2) is 48.7 Å². The Balaban J connectivity index is 2.21. The zero-order chi connectivity index (χ0) is 24.4. The maximum atomic E-state index is 13.2. The minimum Gasteiger partial charge on any atom is -0.463 e. The largest absolute Gasteiger partial charge is 0.463 e. The van der Waals surface area contributed by atoms with Crippen molar-refractivity contribution >= 4 is 17.8 Å². The summed E-state index contributed by atoms with van der Waals surface area (Å²) in [6.45, 7) is 5.80. The highest BCUT2D eigenvalue weighted by Gasteiger charge is 2.32. The number of benzene rings is 1. The molecule has 1 aromatic rings. The molecule has 2 amide bonds. The topological polar surface area (TPSA) is 105 Å². The first-order valence-electron chi connectivity index (χ1n) is 11.3. The highest BCUT2D eigenvalue weighted by molar-refractivity contribution is 5.86. The lowest BCUT2D eigenvalue weighted by Crippen LogP contribution is -2.50. The Hall–Kier alpha value is -2.74. The van der Waals surface area contributed by atoms with E-state index in [0.717, 1.165) is 5.56 Å². The molecule has 0 saturated carbocycles. The summed E-state index contributed by atoms with van der Waals surface area (Å²) in [5.41, 5.74) is 0.449. The third-order valence-electron chi connectivity index (χ3n) is 5.73. The predicted octanol–water partition coefficient (Wildman–Crippen LogP) is 2.52. The van der Waals surface area contributed by atoms with E-state index in [4.69, 9.17) is 9.84 Å². The third kappa shape index (κ3) is 8.96. The number of carbonyl (C=O) groups is 3. The van der Waals surface area contributed by atoms with Crippen LogP contribution in [-0.2, 0) is 25.5 Å². The molecule has 0 spiro atoms. The second-order valence-corrected chi connectivity index (χ2v) is 9.50. The summed E-state index contributed by atoms with van der Waals surface area (Å²) in [7, 11) is 0. The molecule has 33 heavy (non-hydrogen) atoms. The van der Waals surface area contributed by atoms with Crippen molar-refractivity contribution in [2.45, 2.75) is 52.5 Å². The lowest BCUT2D eigenvalue weighted by atomic mass is 9.86. The SMILES string of the molecule is CC(C)(C)[C@@H]1COC(=O)[C@H](Cc2ccc(F)cc2)C/C=C\C[C@@H](CC(=O)NCCO)C(=O)N1. The van der Waals surface area contributed by atoms with Gasteiger partial charge in [0.05, 0.1) is 24.5 Å². The normalized spacial score (nSPS) is 23.5. The van der Waals surface area contributed by atoms with Crippen molar-refractivity contribution in [2.75, 3.05) is 19.8 Å². The molecule has 1 heterocycles. The van der Waals surface area contributed by atoms with Crippen LogP contribution in [0.3, 0.4) is 0 Å². The number of nitrogens with one attached hydrogen (secondary N) is 2. The van der Waals surface area contributed by atoms with E-state index < -0.39 is 17.9 Å². The smallest absolute Gasteiger partial charge is 0.309 e. The number of aliphatic hydroxyl groups is 1. The first kappa shape index (κ1) is 26.5. The fourth-order valence-electron chi connectivity index (χ4n) is 3.54. The van der Waals surface area contributed by atoms with Crippen molar-refractivity contribution in [3.05, 3.63) is 47.8 Å². The molecule has 0 radical (unpaired) electrons. The summed E-state index contributed by atoms with van der Waals surface area (Å²) in [5.74, 6) is -2.33. The summed E-state index contributed by atoms with van der Waals surface area (Å²) in [6.07, 6.45) is 4.77. The van der Waals surface area contributed by atoms with Gasteiger partial charge in [0.1, 0.15) is 12.4 Å². The van der Waals surface area contributed by atoms with Gasteiger partial charge in [0, 0.05) is 13.0 Å². The minimum atomic E-state index is -0.588. The van der Waals surface area contributed by atoms with Crippen LogP contribution >= 0.6 is 0 Å². The van der Waals surface area contributed by atoms with Crippen LogP contribution in [0.2, 0.25) is 0 Å². The first-order valence-corrected chi connectivity index (χ1v) is 11.3. The predicted molar refractivity (Wildman–Crippen MR) is 123 cm³/mol. The molecule has 0 aliphatic carbocycles. The number of esters is 1. The fraction of sp³-hybridized carbons (Fsp3) is 0.560. The van der Waals surface area contributed by atoms with Crippen LogP contribution in [0.25, 0.3) is 0 Å². The van der Waals surface area contributed by atoms with Gasteiger partial charge in [-0.05, 0) is 42.4 Å². The van der Waals surface area contributed by atoms with E-state index in [0.29, 0.717) is 19.3 Å². The molecule has 1 aliphatic rings. The van der Waals surface area contributed by atoms with Gasteiger partial charge in [-0.2, -0.15) is 0 Å². The van der Waals surface area contributed by atoms with Crippen LogP contribution in [0.4, 0.5) is 4.39 Å². The molecule has 0 aromatic heterocycles. The Kier molecular flexibility index (Phi) is 10.0. The maximum absolute atomic E-state index is 13.2. The van der Waals surface area contributed by atoms with Crippen molar-refractivity contribution in [3.8, 4) is 0 Å². The molecule has 3 N–H and O–H groups in total. The van der Waals surface area contributed by atoms with Gasteiger partial charge in [-0.1, -0.05) is 45.1 Å². The number of hydrogen-bond acceptors (Lipinski definition) is 5. The highest BCUT2D eigenvalue weighted by atomic mass is 19.1. The van der Waals surface area contributed by atoms with Crippen molar-refractivity contribution in [2.24, 2.45) is 17.3 Å². The van der Waals surface area contributed by atoms with E-state index in [9.17, 15) is 18.8 Å². The van der Waals surface area contributed by atoms with Gasteiger partial charge in [0.2, 0.25) is 11.8 Å². The van der Waals surface area contributed by atoms with E-state index >= 15 is 0 Å². The molecule has 1 aromatic carbocycles. The van der Waals surface area contributed by atoms with Crippen LogP contribution in [0.15, 0.2) is 36.4 Å². The summed E-state index contributed by atoms with van der Waals surface area (Å²) in [4.78, 5) is 38.0. The fourth-order valence-corrected chi connectivity index (χ4v) is 3.54. The molecule has 2 rings (SSSR count). The lowest BCUT2D eigenvalue weighted by molar-refractivity contribution is -0.151. The van der Waals surface area contributed by atoms with Gasteiger partial charge in [-0.15, -0.1) is 0 Å². The van der Waals surface area contributed by atoms with Gasteiger partial charge < -0.3 is 20.5 Å². The number of cyclic esters (lactones) is 1. The Morgan fingerprint density at radius 3 is 2.39 bits per heavy atom. The van der Waals surface area contributed by atoms with E-state index in [2.05, 4.69) is 10.6 Å². The molecular formula is C25H35FN2O5. The zero-order valence-corrected chi connectivity index (χ0v) is 19.6. The number of ether oxygens (including phenoxy) is 1.